The van der Waals surface area contributed by atoms with Crippen LogP contribution in [0.15, 0.2) is 29.3 Å². The van der Waals surface area contributed by atoms with Crippen LogP contribution < -0.4 is 10.6 Å². The van der Waals surface area contributed by atoms with E-state index >= 15 is 0 Å². The molecule has 28 heavy (non-hydrogen) atoms. The molecular weight excluding hydrogens is 481 g/mol. The molecule has 2 aromatic rings. The van der Waals surface area contributed by atoms with E-state index < -0.39 is 0 Å². The fourth-order valence-corrected chi connectivity index (χ4v) is 4.47. The van der Waals surface area contributed by atoms with Gasteiger partial charge in [0, 0.05) is 37.6 Å². The molecule has 0 amide bonds. The van der Waals surface area contributed by atoms with E-state index in [2.05, 4.69) is 70.5 Å². The van der Waals surface area contributed by atoms with Crippen molar-refractivity contribution in [2.75, 3.05) is 20.1 Å². The highest BCUT2D eigenvalue weighted by Crippen LogP contribution is 2.17. The van der Waals surface area contributed by atoms with Gasteiger partial charge in [-0.2, -0.15) is 0 Å². The van der Waals surface area contributed by atoms with Crippen LogP contribution in [0.4, 0.5) is 0 Å². The molecule has 0 bridgehead atoms. The largest absolute Gasteiger partial charge is 0.354 e. The molecule has 5 nitrogen and oxygen atoms in total. The van der Waals surface area contributed by atoms with E-state index in [1.54, 1.807) is 11.3 Å². The molecule has 1 aliphatic rings. The van der Waals surface area contributed by atoms with Crippen molar-refractivity contribution in [3.05, 3.63) is 51.0 Å². The van der Waals surface area contributed by atoms with Crippen molar-refractivity contribution in [3.63, 3.8) is 0 Å². The lowest BCUT2D eigenvalue weighted by Gasteiger charge is -2.33. The molecule has 0 spiro atoms. The van der Waals surface area contributed by atoms with Crippen LogP contribution in [-0.2, 0) is 13.1 Å². The predicted octanol–water partition coefficient (Wildman–Crippen LogP) is 4.02. The quantitative estimate of drug-likeness (QED) is 0.361. The molecule has 1 aromatic heterocycles. The topological polar surface area (TPSA) is 52.6 Å². The van der Waals surface area contributed by atoms with E-state index in [9.17, 15) is 0 Å². The second-order valence-electron chi connectivity index (χ2n) is 7.35. The minimum Gasteiger partial charge on any atom is -0.354 e. The first-order chi connectivity index (χ1) is 13.0. The Balaban J connectivity index is 0.00000280. The number of hydrogen-bond donors (Lipinski definition) is 2. The fraction of sp³-hybridized carbons (Fsp3) is 0.524. The van der Waals surface area contributed by atoms with Gasteiger partial charge < -0.3 is 10.6 Å². The molecule has 154 valence electrons. The minimum absolute atomic E-state index is 0. The van der Waals surface area contributed by atoms with Gasteiger partial charge in [-0.25, -0.2) is 4.98 Å². The first-order valence-electron chi connectivity index (χ1n) is 9.71. The number of hydrogen-bond acceptors (Lipinski definition) is 4. The molecule has 1 aliphatic heterocycles. The van der Waals surface area contributed by atoms with E-state index in [-0.39, 0.29) is 24.0 Å². The summed E-state index contributed by atoms with van der Waals surface area (Å²) in [6, 6.07) is 9.31. The zero-order chi connectivity index (χ0) is 19.2. The number of benzene rings is 1. The predicted molar refractivity (Wildman–Crippen MR) is 130 cm³/mol. The van der Waals surface area contributed by atoms with Gasteiger partial charge in [0.1, 0.15) is 0 Å². The van der Waals surface area contributed by atoms with Crippen molar-refractivity contribution < 1.29 is 0 Å². The molecule has 3 rings (SSSR count). The number of guanidine groups is 1. The Morgan fingerprint density at radius 3 is 2.61 bits per heavy atom. The number of piperidine rings is 1. The monoisotopic (exact) mass is 513 g/mol. The summed E-state index contributed by atoms with van der Waals surface area (Å²) < 4.78 is 0. The first kappa shape index (κ1) is 23.1. The average Bonchev–Trinajstić information content (AvgIpc) is 2.97. The number of aromatic nitrogens is 1. The average molecular weight is 513 g/mol. The molecule has 1 aromatic carbocycles. The molecule has 0 saturated carbocycles. The van der Waals surface area contributed by atoms with Gasteiger partial charge >= 0.3 is 0 Å². The number of rotatable bonds is 5. The van der Waals surface area contributed by atoms with Gasteiger partial charge in [-0.3, -0.25) is 9.89 Å². The van der Waals surface area contributed by atoms with Crippen LogP contribution >= 0.6 is 35.3 Å². The van der Waals surface area contributed by atoms with Crippen molar-refractivity contribution in [2.24, 2.45) is 4.99 Å². The van der Waals surface area contributed by atoms with E-state index in [1.165, 1.54) is 16.0 Å². The highest BCUT2D eigenvalue weighted by Gasteiger charge is 2.20. The van der Waals surface area contributed by atoms with Crippen molar-refractivity contribution in [3.8, 4) is 0 Å². The summed E-state index contributed by atoms with van der Waals surface area (Å²) in [6.07, 6.45) is 2.29. The number of aliphatic imine (C=N–C) groups is 1. The molecule has 0 radical (unpaired) electrons. The number of nitrogens with zero attached hydrogens (tertiary/aromatic N) is 3. The molecule has 0 aliphatic carbocycles. The van der Waals surface area contributed by atoms with Crippen LogP contribution in [0, 0.1) is 20.8 Å². The van der Waals surface area contributed by atoms with Crippen molar-refractivity contribution in [2.45, 2.75) is 52.7 Å². The molecule has 7 heteroatoms. The Hall–Kier alpha value is -1.19. The van der Waals surface area contributed by atoms with Crippen LogP contribution in [-0.4, -0.2) is 42.0 Å². The summed E-state index contributed by atoms with van der Waals surface area (Å²) in [5, 5.41) is 8.15. The van der Waals surface area contributed by atoms with E-state index in [0.29, 0.717) is 6.04 Å². The molecule has 1 saturated heterocycles. The Bertz CT molecular complexity index is 781. The van der Waals surface area contributed by atoms with Gasteiger partial charge in [-0.1, -0.05) is 29.8 Å². The third-order valence-electron chi connectivity index (χ3n) is 5.06. The molecule has 1 fully saturated rings. The third-order valence-corrected chi connectivity index (χ3v) is 6.13. The van der Waals surface area contributed by atoms with Crippen molar-refractivity contribution in [1.29, 1.82) is 0 Å². The summed E-state index contributed by atoms with van der Waals surface area (Å²) in [7, 11) is 1.84. The maximum atomic E-state index is 4.49. The standard InChI is InChI=1S/C21H31N5S.HI/c1-15-6-5-7-18(12-15)14-26-10-8-19(9-11-26)25-21(22-4)23-13-20-16(2)24-17(3)27-20;/h5-7,12,19H,8-11,13-14H2,1-4H3,(H2,22,23,25);1H. The van der Waals surface area contributed by atoms with Crippen LogP contribution in [0.1, 0.15) is 39.5 Å². The normalized spacial score (nSPS) is 15.9. The van der Waals surface area contributed by atoms with Gasteiger partial charge in [0.05, 0.1) is 17.2 Å². The number of likely N-dealkylation sites (tertiary alicyclic amines) is 1. The van der Waals surface area contributed by atoms with Crippen molar-refractivity contribution in [1.82, 2.24) is 20.5 Å². The second kappa shape index (κ2) is 11.1. The van der Waals surface area contributed by atoms with Crippen LogP contribution in [0.2, 0.25) is 0 Å². The Kier molecular flexibility index (Phi) is 9.17. The molecule has 2 N–H and O–H groups in total. The highest BCUT2D eigenvalue weighted by atomic mass is 127. The Morgan fingerprint density at radius 2 is 2.00 bits per heavy atom. The lowest BCUT2D eigenvalue weighted by atomic mass is 10.0. The lowest BCUT2D eigenvalue weighted by Crippen LogP contribution is -2.48. The minimum atomic E-state index is 0. The number of aryl methyl sites for hydroxylation is 3. The maximum absolute atomic E-state index is 4.49. The lowest BCUT2D eigenvalue weighted by molar-refractivity contribution is 0.198. The van der Waals surface area contributed by atoms with E-state index in [0.717, 1.165) is 55.7 Å². The summed E-state index contributed by atoms with van der Waals surface area (Å²) >= 11 is 1.75. The fourth-order valence-electron chi connectivity index (χ4n) is 3.59. The molecule has 0 atom stereocenters. The molecule has 0 unspecified atom stereocenters. The maximum Gasteiger partial charge on any atom is 0.191 e. The van der Waals surface area contributed by atoms with E-state index in [4.69, 9.17) is 0 Å². The van der Waals surface area contributed by atoms with Gasteiger partial charge in [0.25, 0.3) is 0 Å². The van der Waals surface area contributed by atoms with Crippen LogP contribution in [0.3, 0.4) is 0 Å². The van der Waals surface area contributed by atoms with Gasteiger partial charge in [0.15, 0.2) is 5.96 Å². The zero-order valence-electron chi connectivity index (χ0n) is 17.3. The zero-order valence-corrected chi connectivity index (χ0v) is 20.4. The number of halogens is 1. The Morgan fingerprint density at radius 1 is 1.25 bits per heavy atom. The van der Waals surface area contributed by atoms with Gasteiger partial charge in [-0.05, 0) is 39.2 Å². The summed E-state index contributed by atoms with van der Waals surface area (Å²) in [5.74, 6) is 0.887. The van der Waals surface area contributed by atoms with Crippen LogP contribution in [0.25, 0.3) is 0 Å². The highest BCUT2D eigenvalue weighted by molar-refractivity contribution is 14.0. The van der Waals surface area contributed by atoms with Gasteiger partial charge in [-0.15, -0.1) is 35.3 Å². The third kappa shape index (κ3) is 6.70. The number of nitrogens with one attached hydrogen (secondary N) is 2. The summed E-state index contributed by atoms with van der Waals surface area (Å²) in [4.78, 5) is 12.7. The number of thiazole rings is 1. The van der Waals surface area contributed by atoms with Gasteiger partial charge in [0.2, 0.25) is 0 Å². The Labute approximate surface area is 190 Å². The van der Waals surface area contributed by atoms with Crippen molar-refractivity contribution >= 4 is 41.3 Å². The second-order valence-corrected chi connectivity index (χ2v) is 8.64. The molecular formula is C21H32IN5S. The van der Waals surface area contributed by atoms with E-state index in [1.807, 2.05) is 7.05 Å². The smallest absolute Gasteiger partial charge is 0.191 e. The SMILES string of the molecule is CN=C(NCc1sc(C)nc1C)NC1CCN(Cc2cccc(C)c2)CC1.I. The van der Waals surface area contributed by atoms with Crippen LogP contribution in [0.5, 0.6) is 0 Å². The summed E-state index contributed by atoms with van der Waals surface area (Å²) in [6.45, 7) is 10.4. The molecule has 2 heterocycles. The first-order valence-corrected chi connectivity index (χ1v) is 10.5. The summed E-state index contributed by atoms with van der Waals surface area (Å²) in [5.41, 5.74) is 3.87.